The summed E-state index contributed by atoms with van der Waals surface area (Å²) >= 11 is 0. The van der Waals surface area contributed by atoms with Gasteiger partial charge in [0.2, 0.25) is 0 Å². The molecule has 4 rings (SSSR count). The Kier molecular flexibility index (Phi) is 13.9. The van der Waals surface area contributed by atoms with Gasteiger partial charge >= 0.3 is 17.1 Å². The van der Waals surface area contributed by atoms with Crippen molar-refractivity contribution in [3.8, 4) is 0 Å². The van der Waals surface area contributed by atoms with Crippen LogP contribution in [0.4, 0.5) is 0 Å². The Balaban J connectivity index is 0.000000518. The van der Waals surface area contributed by atoms with E-state index in [9.17, 15) is 14.4 Å². The maximum atomic E-state index is 11.6. The zero-order valence-electron chi connectivity index (χ0n) is 20.2. The lowest BCUT2D eigenvalue weighted by atomic mass is 10.2. The first-order valence-electron chi connectivity index (χ1n) is 10.5. The van der Waals surface area contributed by atoms with Crippen LogP contribution in [0.3, 0.4) is 0 Å². The topological polar surface area (TPSA) is 179 Å². The van der Waals surface area contributed by atoms with E-state index in [1.165, 1.54) is 6.92 Å². The Hall–Kier alpha value is -4.68. The number of carbonyl (C=O) groups is 2. The summed E-state index contributed by atoms with van der Waals surface area (Å²) in [4.78, 5) is 47.8. The number of nitrogens with zero attached hydrogens (tertiary/aromatic N) is 6. The highest BCUT2D eigenvalue weighted by molar-refractivity contribution is 5.77. The molecule has 0 spiro atoms. The van der Waals surface area contributed by atoms with E-state index in [2.05, 4.69) is 25.5 Å². The molecule has 0 aliphatic carbocycles. The van der Waals surface area contributed by atoms with Gasteiger partial charge in [0.05, 0.1) is 10.8 Å². The van der Waals surface area contributed by atoms with Crippen molar-refractivity contribution in [3.63, 3.8) is 0 Å². The van der Waals surface area contributed by atoms with Gasteiger partial charge in [0.1, 0.15) is 11.0 Å². The molecule has 0 radical (unpaired) electrons. The van der Waals surface area contributed by atoms with Crippen molar-refractivity contribution in [3.05, 3.63) is 69.2 Å². The molecule has 0 fully saturated rings. The van der Waals surface area contributed by atoms with E-state index < -0.39 is 23.1 Å². The lowest BCUT2D eigenvalue weighted by Crippen LogP contribution is -2.32. The summed E-state index contributed by atoms with van der Waals surface area (Å²) in [6.45, 7) is 10.3. The molecule has 0 atom stereocenters. The van der Waals surface area contributed by atoms with E-state index in [-0.39, 0.29) is 4.85 Å². The van der Waals surface area contributed by atoms with E-state index in [4.69, 9.17) is 15.1 Å². The summed E-state index contributed by atoms with van der Waals surface area (Å²) in [7, 11) is 0. The smallest absolute Gasteiger partial charge is 0.332 e. The first-order chi connectivity index (χ1) is 16.7. The minimum Gasteiger partial charge on any atom is -0.481 e. The Bertz CT molecular complexity index is 1350. The zero-order valence-corrected chi connectivity index (χ0v) is 20.2. The van der Waals surface area contributed by atoms with Gasteiger partial charge < -0.3 is 15.2 Å². The van der Waals surface area contributed by atoms with Gasteiger partial charge in [0.15, 0.2) is 0 Å². The van der Waals surface area contributed by atoms with Crippen LogP contribution in [-0.2, 0) is 9.59 Å². The van der Waals surface area contributed by atoms with Crippen LogP contribution in [0.15, 0.2) is 58.1 Å². The van der Waals surface area contributed by atoms with E-state index in [0.717, 1.165) is 6.92 Å². The minimum atomic E-state index is -0.833. The monoisotopic (exact) mass is 488 g/mol. The maximum Gasteiger partial charge on any atom is 0.332 e. The average Bonchev–Trinajstić information content (AvgIpc) is 2.86. The quantitative estimate of drug-likeness (QED) is 0.295. The molecule has 0 unspecified atom stereocenters. The van der Waals surface area contributed by atoms with Crippen LogP contribution in [0, 0.1) is 0 Å². The summed E-state index contributed by atoms with van der Waals surface area (Å²) in [5, 5.41) is 31.0. The van der Waals surface area contributed by atoms with Crippen molar-refractivity contribution in [2.75, 3.05) is 0 Å². The molecule has 0 saturated heterocycles. The number of carbonyl (C=O) groups excluding carboxylic acids is 1. The summed E-state index contributed by atoms with van der Waals surface area (Å²) in [5.41, 5.74) is -0.116. The second-order valence-electron chi connectivity index (χ2n) is 5.69. The summed E-state index contributed by atoms with van der Waals surface area (Å²) in [6.07, 6.45) is 0. The highest BCUT2D eigenvalue weighted by Crippen LogP contribution is 2.03. The molecule has 2 aromatic carbocycles. The number of aromatic nitrogens is 6. The van der Waals surface area contributed by atoms with Crippen molar-refractivity contribution >= 4 is 33.7 Å². The predicted octanol–water partition coefficient (Wildman–Crippen LogP) is 1.94. The highest BCUT2D eigenvalue weighted by atomic mass is 16.7. The molecule has 0 amide bonds. The number of carboxylic acids is 1. The van der Waals surface area contributed by atoms with Crippen molar-refractivity contribution in [2.45, 2.75) is 41.5 Å². The normalized spacial score (nSPS) is 8.97. The third-order valence-electron chi connectivity index (χ3n) is 3.31. The minimum absolute atomic E-state index is 0.225. The summed E-state index contributed by atoms with van der Waals surface area (Å²) < 4.78 is 0. The lowest BCUT2D eigenvalue weighted by Gasteiger charge is -2.01. The van der Waals surface area contributed by atoms with Gasteiger partial charge in [-0.05, 0) is 44.4 Å². The fourth-order valence-corrected chi connectivity index (χ4v) is 2.14. The maximum absolute atomic E-state index is 11.6. The molecule has 13 nitrogen and oxygen atoms in total. The molecule has 13 heteroatoms. The second-order valence-corrected chi connectivity index (χ2v) is 5.69. The van der Waals surface area contributed by atoms with Gasteiger partial charge in [0, 0.05) is 13.8 Å². The van der Waals surface area contributed by atoms with E-state index >= 15 is 0 Å². The number of carboxylic acid groups (broad SMARTS) is 1. The Morgan fingerprint density at radius 3 is 1.63 bits per heavy atom. The van der Waals surface area contributed by atoms with Crippen molar-refractivity contribution in [1.82, 2.24) is 30.3 Å². The predicted molar refractivity (Wildman–Crippen MR) is 128 cm³/mol. The molecule has 35 heavy (non-hydrogen) atoms. The molecule has 0 bridgehead atoms. The standard InChI is InChI=1S/C9H7N3O3.C7H5N3O2.C2H4O2.2C2H6/c1-6(13)15-12-9(14)7-4-2-3-5-8(7)10-11-12;11-7-5-3-1-2-4-6(5)8-9-10(7)12;1-2(3)4;2*1-2/h2-5H,1H3;1-4,12H;1H3,(H,3,4);2*1-2H3. The fourth-order valence-electron chi connectivity index (χ4n) is 2.14. The van der Waals surface area contributed by atoms with Crippen LogP contribution in [0.25, 0.3) is 21.8 Å². The molecule has 2 N–H and O–H groups in total. The lowest BCUT2D eigenvalue weighted by molar-refractivity contribution is -0.144. The summed E-state index contributed by atoms with van der Waals surface area (Å²) in [5.74, 6) is -1.46. The number of fused-ring (bicyclic) bond motifs is 2. The average molecular weight is 489 g/mol. The van der Waals surface area contributed by atoms with Crippen LogP contribution in [0.5, 0.6) is 0 Å². The van der Waals surface area contributed by atoms with Crippen LogP contribution in [0.1, 0.15) is 41.5 Å². The van der Waals surface area contributed by atoms with Crippen LogP contribution < -0.4 is 16.0 Å². The highest BCUT2D eigenvalue weighted by Gasteiger charge is 2.06. The molecular formula is C22H28N6O7. The number of aliphatic carboxylic acids is 1. The molecule has 0 aliphatic rings. The summed E-state index contributed by atoms with van der Waals surface area (Å²) in [6, 6.07) is 13.4. The SMILES string of the molecule is CC.CC.CC(=O)O.CC(=O)On1nnc2ccccc2c1=O.O=c1c2ccccc2nnn1O. The van der Waals surface area contributed by atoms with Gasteiger partial charge in [-0.1, -0.05) is 52.0 Å². The zero-order chi connectivity index (χ0) is 27.0. The van der Waals surface area contributed by atoms with Gasteiger partial charge in [-0.25, -0.2) is 4.79 Å². The van der Waals surface area contributed by atoms with Crippen molar-refractivity contribution in [2.24, 2.45) is 0 Å². The van der Waals surface area contributed by atoms with Crippen molar-refractivity contribution in [1.29, 1.82) is 0 Å². The molecule has 0 aliphatic heterocycles. The van der Waals surface area contributed by atoms with Gasteiger partial charge in [0.25, 0.3) is 5.97 Å². The third kappa shape index (κ3) is 9.77. The molecule has 2 heterocycles. The second kappa shape index (κ2) is 16.0. The molecular weight excluding hydrogens is 460 g/mol. The van der Waals surface area contributed by atoms with Crippen LogP contribution in [0.2, 0.25) is 0 Å². The van der Waals surface area contributed by atoms with E-state index in [1.807, 2.05) is 27.7 Å². The first kappa shape index (κ1) is 30.3. The molecule has 0 saturated carbocycles. The van der Waals surface area contributed by atoms with Gasteiger partial charge in [-0.2, -0.15) is 0 Å². The number of hydrogen-bond acceptors (Lipinski definition) is 10. The number of hydrogen-bond donors (Lipinski definition) is 2. The first-order valence-corrected chi connectivity index (χ1v) is 10.5. The van der Waals surface area contributed by atoms with Crippen molar-refractivity contribution < 1.29 is 24.7 Å². The number of benzene rings is 2. The Morgan fingerprint density at radius 1 is 0.771 bits per heavy atom. The van der Waals surface area contributed by atoms with E-state index in [0.29, 0.717) is 26.7 Å². The molecule has 188 valence electrons. The largest absolute Gasteiger partial charge is 0.481 e. The number of rotatable bonds is 1. The van der Waals surface area contributed by atoms with Crippen LogP contribution in [-0.4, -0.2) is 52.6 Å². The van der Waals surface area contributed by atoms with Gasteiger partial charge in [-0.3, -0.25) is 14.4 Å². The van der Waals surface area contributed by atoms with E-state index in [1.54, 1.807) is 48.5 Å². The Morgan fingerprint density at radius 2 is 1.17 bits per heavy atom. The van der Waals surface area contributed by atoms with Gasteiger partial charge in [-0.15, -0.1) is 10.2 Å². The Labute approximate surface area is 200 Å². The molecule has 4 aromatic rings. The third-order valence-corrected chi connectivity index (χ3v) is 3.31. The molecule has 2 aromatic heterocycles. The van der Waals surface area contributed by atoms with Crippen LogP contribution >= 0.6 is 0 Å². The fraction of sp³-hybridized carbons (Fsp3) is 0.273.